The van der Waals surface area contributed by atoms with Gasteiger partial charge in [-0.3, -0.25) is 9.59 Å². The fourth-order valence-corrected chi connectivity index (χ4v) is 2.22. The molecule has 7 heteroatoms. The quantitative estimate of drug-likeness (QED) is 0.738. The fraction of sp³-hybridized carbons (Fsp3) is 0.545. The van der Waals surface area contributed by atoms with Crippen molar-refractivity contribution < 1.29 is 9.59 Å². The van der Waals surface area contributed by atoms with Crippen LogP contribution in [0, 0.1) is 0 Å². The molecule has 0 unspecified atom stereocenters. The molecule has 100 valence electrons. The molecular formula is C11H16ClN3O2S. The molecule has 2 amide bonds. The van der Waals surface area contributed by atoms with Crippen molar-refractivity contribution in [3.8, 4) is 0 Å². The molecule has 0 aliphatic heterocycles. The molecule has 5 nitrogen and oxygen atoms in total. The summed E-state index contributed by atoms with van der Waals surface area (Å²) in [7, 11) is 0. The van der Waals surface area contributed by atoms with Gasteiger partial charge >= 0.3 is 0 Å². The van der Waals surface area contributed by atoms with E-state index >= 15 is 0 Å². The molecule has 0 spiro atoms. The number of rotatable bonds is 7. The Morgan fingerprint density at radius 1 is 1.39 bits per heavy atom. The lowest BCUT2D eigenvalue weighted by atomic mass is 10.4. The number of aromatic nitrogens is 1. The third-order valence-corrected chi connectivity index (χ3v) is 3.24. The number of thiazole rings is 1. The molecule has 0 atom stereocenters. The first-order chi connectivity index (χ1) is 8.65. The van der Waals surface area contributed by atoms with Gasteiger partial charge in [0, 0.05) is 11.9 Å². The topological polar surface area (TPSA) is 71.1 Å². The first-order valence-electron chi connectivity index (χ1n) is 5.68. The zero-order valence-electron chi connectivity index (χ0n) is 10.2. The molecule has 1 aromatic heterocycles. The minimum Gasteiger partial charge on any atom is -0.355 e. The van der Waals surface area contributed by atoms with E-state index in [9.17, 15) is 9.59 Å². The van der Waals surface area contributed by atoms with E-state index in [1.54, 1.807) is 0 Å². The van der Waals surface area contributed by atoms with Crippen LogP contribution in [0.25, 0.3) is 0 Å². The van der Waals surface area contributed by atoms with Crippen LogP contribution in [0.1, 0.15) is 24.0 Å². The Morgan fingerprint density at radius 3 is 2.78 bits per heavy atom. The van der Waals surface area contributed by atoms with Gasteiger partial charge in [-0.15, -0.1) is 22.9 Å². The molecule has 0 bridgehead atoms. The van der Waals surface area contributed by atoms with Crippen LogP contribution < -0.4 is 10.6 Å². The third-order valence-electron chi connectivity index (χ3n) is 2.07. The van der Waals surface area contributed by atoms with E-state index in [2.05, 4.69) is 15.6 Å². The van der Waals surface area contributed by atoms with Crippen molar-refractivity contribution in [2.75, 3.05) is 13.1 Å². The zero-order chi connectivity index (χ0) is 13.4. The Balaban J connectivity index is 2.27. The summed E-state index contributed by atoms with van der Waals surface area (Å²) >= 11 is 7.01. The highest BCUT2D eigenvalue weighted by atomic mass is 35.5. The number of nitrogens with zero attached hydrogens (tertiary/aromatic N) is 1. The van der Waals surface area contributed by atoms with Crippen molar-refractivity contribution in [2.24, 2.45) is 0 Å². The van der Waals surface area contributed by atoms with Gasteiger partial charge in [0.25, 0.3) is 0 Å². The lowest BCUT2D eigenvalue weighted by Crippen LogP contribution is -2.37. The highest BCUT2D eigenvalue weighted by molar-refractivity contribution is 7.09. The maximum Gasteiger partial charge on any atom is 0.239 e. The van der Waals surface area contributed by atoms with E-state index in [-0.39, 0.29) is 24.8 Å². The van der Waals surface area contributed by atoms with Crippen molar-refractivity contribution in [3.05, 3.63) is 16.1 Å². The standard InChI is InChI=1S/C11H16ClN3O2S/c1-2-3-13-10(17)6-14-9(16)4-11-15-8(5-12)7-18-11/h7H,2-6H2,1H3,(H,13,17)(H,14,16). The number of carbonyl (C=O) groups is 2. The van der Waals surface area contributed by atoms with Gasteiger partial charge < -0.3 is 10.6 Å². The number of hydrogen-bond donors (Lipinski definition) is 2. The van der Waals surface area contributed by atoms with Crippen LogP contribution >= 0.6 is 22.9 Å². The Hall–Kier alpha value is -1.14. The summed E-state index contributed by atoms with van der Waals surface area (Å²) in [6.07, 6.45) is 1.06. The van der Waals surface area contributed by atoms with Crippen molar-refractivity contribution >= 4 is 34.8 Å². The molecule has 0 saturated heterocycles. The van der Waals surface area contributed by atoms with Gasteiger partial charge in [0.1, 0.15) is 5.01 Å². The first-order valence-corrected chi connectivity index (χ1v) is 7.09. The molecule has 0 radical (unpaired) electrons. The molecule has 1 rings (SSSR count). The second kappa shape index (κ2) is 8.05. The molecule has 1 aromatic rings. The second-order valence-electron chi connectivity index (χ2n) is 3.67. The van der Waals surface area contributed by atoms with Crippen LogP contribution in [0.15, 0.2) is 5.38 Å². The molecule has 2 N–H and O–H groups in total. The van der Waals surface area contributed by atoms with Gasteiger partial charge in [-0.05, 0) is 6.42 Å². The minimum atomic E-state index is -0.211. The fourth-order valence-electron chi connectivity index (χ4n) is 1.20. The number of hydrogen-bond acceptors (Lipinski definition) is 4. The number of alkyl halides is 1. The summed E-state index contributed by atoms with van der Waals surface area (Å²) in [6.45, 7) is 2.60. The number of carbonyl (C=O) groups excluding carboxylic acids is 2. The molecule has 18 heavy (non-hydrogen) atoms. The van der Waals surface area contributed by atoms with Gasteiger partial charge in [0.05, 0.1) is 24.5 Å². The Morgan fingerprint density at radius 2 is 2.17 bits per heavy atom. The van der Waals surface area contributed by atoms with Crippen molar-refractivity contribution in [1.29, 1.82) is 0 Å². The van der Waals surface area contributed by atoms with Gasteiger partial charge in [0.2, 0.25) is 11.8 Å². The van der Waals surface area contributed by atoms with Crippen molar-refractivity contribution in [2.45, 2.75) is 25.6 Å². The van der Waals surface area contributed by atoms with Crippen LogP contribution in [0.4, 0.5) is 0 Å². The summed E-state index contributed by atoms with van der Waals surface area (Å²) < 4.78 is 0. The van der Waals surface area contributed by atoms with Crippen LogP contribution in [0.5, 0.6) is 0 Å². The second-order valence-corrected chi connectivity index (χ2v) is 4.88. The van der Waals surface area contributed by atoms with E-state index in [0.29, 0.717) is 17.4 Å². The number of amides is 2. The molecule has 0 aromatic carbocycles. The first kappa shape index (κ1) is 14.9. The molecule has 0 aliphatic carbocycles. The van der Waals surface area contributed by atoms with Crippen LogP contribution in [-0.4, -0.2) is 29.9 Å². The van der Waals surface area contributed by atoms with E-state index < -0.39 is 0 Å². The van der Waals surface area contributed by atoms with Crippen molar-refractivity contribution in [1.82, 2.24) is 15.6 Å². The highest BCUT2D eigenvalue weighted by Gasteiger charge is 2.09. The average Bonchev–Trinajstić information content (AvgIpc) is 2.81. The molecule has 0 fully saturated rings. The van der Waals surface area contributed by atoms with Crippen LogP contribution in [0.3, 0.4) is 0 Å². The van der Waals surface area contributed by atoms with E-state index in [0.717, 1.165) is 12.1 Å². The van der Waals surface area contributed by atoms with Crippen LogP contribution in [-0.2, 0) is 21.9 Å². The van der Waals surface area contributed by atoms with E-state index in [4.69, 9.17) is 11.6 Å². The maximum atomic E-state index is 11.5. The zero-order valence-corrected chi connectivity index (χ0v) is 11.7. The van der Waals surface area contributed by atoms with E-state index in [1.807, 2.05) is 12.3 Å². The average molecular weight is 290 g/mol. The smallest absolute Gasteiger partial charge is 0.239 e. The predicted molar refractivity (Wildman–Crippen MR) is 71.7 cm³/mol. The number of nitrogens with one attached hydrogen (secondary N) is 2. The predicted octanol–water partition coefficient (Wildman–Crippen LogP) is 1.07. The summed E-state index contributed by atoms with van der Waals surface area (Å²) in [5.74, 6) is -0.0414. The Labute approximate surface area is 115 Å². The Bertz CT molecular complexity index is 409. The lowest BCUT2D eigenvalue weighted by Gasteiger charge is -2.04. The monoisotopic (exact) mass is 289 g/mol. The maximum absolute atomic E-state index is 11.5. The van der Waals surface area contributed by atoms with Gasteiger partial charge in [-0.2, -0.15) is 0 Å². The minimum absolute atomic E-state index is 0.00652. The highest BCUT2D eigenvalue weighted by Crippen LogP contribution is 2.11. The van der Waals surface area contributed by atoms with Crippen molar-refractivity contribution in [3.63, 3.8) is 0 Å². The molecule has 1 heterocycles. The summed E-state index contributed by atoms with van der Waals surface area (Å²) in [6, 6.07) is 0. The van der Waals surface area contributed by atoms with Gasteiger partial charge in [0.15, 0.2) is 0 Å². The van der Waals surface area contributed by atoms with Gasteiger partial charge in [-0.1, -0.05) is 6.92 Å². The molecule has 0 saturated carbocycles. The van der Waals surface area contributed by atoms with Gasteiger partial charge in [-0.25, -0.2) is 4.98 Å². The normalized spacial score (nSPS) is 10.1. The summed E-state index contributed by atoms with van der Waals surface area (Å²) in [4.78, 5) is 27.0. The third kappa shape index (κ3) is 5.46. The summed E-state index contributed by atoms with van der Waals surface area (Å²) in [5.41, 5.74) is 0.769. The molecule has 0 aliphatic rings. The molecular weight excluding hydrogens is 274 g/mol. The summed E-state index contributed by atoms with van der Waals surface area (Å²) in [5, 5.41) is 7.76. The Kier molecular flexibility index (Phi) is 6.67. The number of halogens is 1. The SMILES string of the molecule is CCCNC(=O)CNC(=O)Cc1nc(CCl)cs1. The lowest BCUT2D eigenvalue weighted by molar-refractivity contribution is -0.125. The van der Waals surface area contributed by atoms with Crippen LogP contribution in [0.2, 0.25) is 0 Å². The van der Waals surface area contributed by atoms with E-state index in [1.165, 1.54) is 11.3 Å². The largest absolute Gasteiger partial charge is 0.355 e.